The molecule has 17 heavy (non-hydrogen) atoms. The maximum Gasteiger partial charge on any atom is 0.0793 e. The van der Waals surface area contributed by atoms with Crippen LogP contribution in [-0.2, 0) is 17.2 Å². The van der Waals surface area contributed by atoms with Gasteiger partial charge in [-0.25, -0.2) is 0 Å². The number of allylic oxidation sites excluding steroid dienone is 1. The summed E-state index contributed by atoms with van der Waals surface area (Å²) < 4.78 is 7.20. The summed E-state index contributed by atoms with van der Waals surface area (Å²) in [5.41, 5.74) is 2.56. The standard InChI is InChI=1S/C15H19NO/c1-15(2,9-10-17-4)13-11-16(3)14-8-6-5-7-12(13)14/h5-11H,1-4H3. The summed E-state index contributed by atoms with van der Waals surface area (Å²) in [5.74, 6) is 0. The van der Waals surface area contributed by atoms with Crippen molar-refractivity contribution in [2.75, 3.05) is 7.11 Å². The number of fused-ring (bicyclic) bond motifs is 1. The van der Waals surface area contributed by atoms with Crippen molar-refractivity contribution < 1.29 is 4.74 Å². The molecule has 1 heterocycles. The lowest BCUT2D eigenvalue weighted by Crippen LogP contribution is -2.12. The van der Waals surface area contributed by atoms with Crippen molar-refractivity contribution >= 4 is 10.9 Å². The molecule has 0 saturated carbocycles. The number of nitrogens with zero attached hydrogens (tertiary/aromatic N) is 1. The predicted octanol–water partition coefficient (Wildman–Crippen LogP) is 3.62. The minimum atomic E-state index is -0.0309. The van der Waals surface area contributed by atoms with Gasteiger partial charge in [-0.1, -0.05) is 32.0 Å². The van der Waals surface area contributed by atoms with Crippen molar-refractivity contribution in [1.82, 2.24) is 4.57 Å². The molecule has 0 fully saturated rings. The molecule has 0 atom stereocenters. The lowest BCUT2D eigenvalue weighted by atomic mass is 9.84. The summed E-state index contributed by atoms with van der Waals surface area (Å²) in [4.78, 5) is 0. The van der Waals surface area contributed by atoms with E-state index in [4.69, 9.17) is 4.74 Å². The molecule has 2 aromatic rings. The summed E-state index contributed by atoms with van der Waals surface area (Å²) in [6.45, 7) is 4.40. The van der Waals surface area contributed by atoms with Gasteiger partial charge in [-0.3, -0.25) is 0 Å². The van der Waals surface area contributed by atoms with E-state index in [-0.39, 0.29) is 5.41 Å². The van der Waals surface area contributed by atoms with Gasteiger partial charge in [0.15, 0.2) is 0 Å². The van der Waals surface area contributed by atoms with E-state index in [1.807, 2.05) is 0 Å². The molecule has 0 radical (unpaired) electrons. The normalized spacial score (nSPS) is 12.5. The second-order valence-electron chi connectivity index (χ2n) is 4.93. The highest BCUT2D eigenvalue weighted by atomic mass is 16.5. The monoisotopic (exact) mass is 229 g/mol. The topological polar surface area (TPSA) is 14.2 Å². The first-order chi connectivity index (χ1) is 8.06. The molecule has 0 aliphatic rings. The number of methoxy groups -OCH3 is 1. The maximum absolute atomic E-state index is 5.03. The zero-order chi connectivity index (χ0) is 12.5. The number of benzene rings is 1. The minimum Gasteiger partial charge on any atom is -0.505 e. The Bertz CT molecular complexity index is 549. The third-order valence-electron chi connectivity index (χ3n) is 3.21. The van der Waals surface area contributed by atoms with Gasteiger partial charge in [0.2, 0.25) is 0 Å². The van der Waals surface area contributed by atoms with Crippen molar-refractivity contribution in [2.24, 2.45) is 7.05 Å². The molecular weight excluding hydrogens is 210 g/mol. The number of rotatable bonds is 3. The zero-order valence-electron chi connectivity index (χ0n) is 10.9. The third kappa shape index (κ3) is 2.07. The molecule has 0 aliphatic heterocycles. The third-order valence-corrected chi connectivity index (χ3v) is 3.21. The molecule has 0 spiro atoms. The first kappa shape index (κ1) is 11.8. The Hall–Kier alpha value is -1.70. The van der Waals surface area contributed by atoms with E-state index >= 15 is 0 Å². The van der Waals surface area contributed by atoms with E-state index in [9.17, 15) is 0 Å². The van der Waals surface area contributed by atoms with Crippen LogP contribution in [0.3, 0.4) is 0 Å². The van der Waals surface area contributed by atoms with Crippen molar-refractivity contribution in [3.63, 3.8) is 0 Å². The van der Waals surface area contributed by atoms with Crippen LogP contribution in [0.2, 0.25) is 0 Å². The molecule has 0 bridgehead atoms. The summed E-state index contributed by atoms with van der Waals surface area (Å²) in [6, 6.07) is 8.48. The van der Waals surface area contributed by atoms with E-state index in [0.29, 0.717) is 0 Å². The molecule has 0 aliphatic carbocycles. The van der Waals surface area contributed by atoms with Crippen LogP contribution < -0.4 is 0 Å². The average Bonchev–Trinajstić information content (AvgIpc) is 2.66. The maximum atomic E-state index is 5.03. The van der Waals surface area contributed by atoms with Gasteiger partial charge in [0.1, 0.15) is 0 Å². The van der Waals surface area contributed by atoms with E-state index in [1.54, 1.807) is 13.4 Å². The Morgan fingerprint density at radius 1 is 1.24 bits per heavy atom. The fourth-order valence-electron chi connectivity index (χ4n) is 2.18. The quantitative estimate of drug-likeness (QED) is 0.733. The lowest BCUT2D eigenvalue weighted by Gasteiger charge is -2.19. The van der Waals surface area contributed by atoms with Gasteiger partial charge in [-0.05, 0) is 17.7 Å². The van der Waals surface area contributed by atoms with Crippen molar-refractivity contribution in [1.29, 1.82) is 0 Å². The van der Waals surface area contributed by atoms with Crippen LogP contribution in [-0.4, -0.2) is 11.7 Å². The first-order valence-corrected chi connectivity index (χ1v) is 5.81. The Morgan fingerprint density at radius 2 is 1.94 bits per heavy atom. The van der Waals surface area contributed by atoms with Gasteiger partial charge in [-0.15, -0.1) is 0 Å². The number of hydrogen-bond acceptors (Lipinski definition) is 1. The van der Waals surface area contributed by atoms with Crippen molar-refractivity contribution in [2.45, 2.75) is 19.3 Å². The van der Waals surface area contributed by atoms with Crippen LogP contribution in [0.25, 0.3) is 10.9 Å². The van der Waals surface area contributed by atoms with Gasteiger partial charge in [0, 0.05) is 29.6 Å². The highest BCUT2D eigenvalue weighted by Crippen LogP contribution is 2.32. The molecule has 2 rings (SSSR count). The SMILES string of the molecule is COC=CC(C)(C)c1cn(C)c2ccccc12. The van der Waals surface area contributed by atoms with Gasteiger partial charge in [0.25, 0.3) is 0 Å². The Labute approximate surface area is 103 Å². The minimum absolute atomic E-state index is 0.0309. The van der Waals surface area contributed by atoms with Gasteiger partial charge < -0.3 is 9.30 Å². The lowest BCUT2D eigenvalue weighted by molar-refractivity contribution is 0.333. The number of aryl methyl sites for hydroxylation is 1. The number of aromatic nitrogens is 1. The van der Waals surface area contributed by atoms with Gasteiger partial charge in [-0.2, -0.15) is 0 Å². The predicted molar refractivity (Wildman–Crippen MR) is 72.1 cm³/mol. The highest BCUT2D eigenvalue weighted by Gasteiger charge is 2.21. The fourth-order valence-corrected chi connectivity index (χ4v) is 2.18. The second-order valence-corrected chi connectivity index (χ2v) is 4.93. The Kier molecular flexibility index (Phi) is 2.97. The zero-order valence-corrected chi connectivity index (χ0v) is 10.9. The summed E-state index contributed by atoms with van der Waals surface area (Å²) in [7, 11) is 3.76. The number of para-hydroxylation sites is 1. The van der Waals surface area contributed by atoms with Crippen LogP contribution in [0.5, 0.6) is 0 Å². The molecule has 2 heteroatoms. The van der Waals surface area contributed by atoms with E-state index in [1.165, 1.54) is 16.5 Å². The smallest absolute Gasteiger partial charge is 0.0793 e. The van der Waals surface area contributed by atoms with Crippen LogP contribution in [0.4, 0.5) is 0 Å². The molecule has 0 amide bonds. The molecule has 0 unspecified atom stereocenters. The van der Waals surface area contributed by atoms with Crippen molar-refractivity contribution in [3.8, 4) is 0 Å². The molecule has 2 nitrogen and oxygen atoms in total. The molecule has 90 valence electrons. The van der Waals surface area contributed by atoms with Gasteiger partial charge in [0.05, 0.1) is 13.4 Å². The van der Waals surface area contributed by atoms with E-state index < -0.39 is 0 Å². The van der Waals surface area contributed by atoms with Crippen molar-refractivity contribution in [3.05, 3.63) is 48.4 Å². The number of hydrogen-bond donors (Lipinski definition) is 0. The van der Waals surface area contributed by atoms with Crippen LogP contribution in [0.1, 0.15) is 19.4 Å². The largest absolute Gasteiger partial charge is 0.505 e. The second kappa shape index (κ2) is 4.28. The Balaban J connectivity index is 2.59. The van der Waals surface area contributed by atoms with Crippen LogP contribution >= 0.6 is 0 Å². The number of ether oxygens (including phenoxy) is 1. The molecule has 1 aromatic carbocycles. The molecule has 1 aromatic heterocycles. The first-order valence-electron chi connectivity index (χ1n) is 5.81. The van der Waals surface area contributed by atoms with Gasteiger partial charge >= 0.3 is 0 Å². The molecule has 0 N–H and O–H groups in total. The summed E-state index contributed by atoms with van der Waals surface area (Å²) >= 11 is 0. The summed E-state index contributed by atoms with van der Waals surface area (Å²) in [5, 5.41) is 1.31. The summed E-state index contributed by atoms with van der Waals surface area (Å²) in [6.07, 6.45) is 6.04. The Morgan fingerprint density at radius 3 is 2.65 bits per heavy atom. The molecular formula is C15H19NO. The highest BCUT2D eigenvalue weighted by molar-refractivity contribution is 5.85. The molecule has 0 saturated heterocycles. The fraction of sp³-hybridized carbons (Fsp3) is 0.333. The van der Waals surface area contributed by atoms with Crippen LogP contribution in [0.15, 0.2) is 42.8 Å². The van der Waals surface area contributed by atoms with E-state index in [0.717, 1.165) is 0 Å². The average molecular weight is 229 g/mol. The van der Waals surface area contributed by atoms with E-state index in [2.05, 4.69) is 62.0 Å². The van der Waals surface area contributed by atoms with Crippen LogP contribution in [0, 0.1) is 0 Å².